The van der Waals surface area contributed by atoms with E-state index < -0.39 is 6.10 Å². The van der Waals surface area contributed by atoms with Crippen LogP contribution in [0, 0.1) is 6.92 Å². The molecule has 0 spiro atoms. The molecule has 0 aromatic heterocycles. The average Bonchev–Trinajstić information content (AvgIpc) is 2.23. The van der Waals surface area contributed by atoms with Gasteiger partial charge in [-0.25, -0.2) is 0 Å². The zero-order valence-corrected chi connectivity index (χ0v) is 9.03. The van der Waals surface area contributed by atoms with E-state index in [1.54, 1.807) is 20.1 Å². The zero-order valence-electron chi connectivity index (χ0n) is 9.03. The summed E-state index contributed by atoms with van der Waals surface area (Å²) in [7, 11) is 1.56. The number of aryl methyl sites for hydroxylation is 1. The average molecular weight is 211 g/mol. The Morgan fingerprint density at radius 2 is 2.13 bits per heavy atom. The lowest BCUT2D eigenvalue weighted by Crippen LogP contribution is -2.14. The number of hydrogen-bond donors (Lipinski definition) is 3. The number of phenolic OH excluding ortho intramolecular Hbond substituents is 1. The summed E-state index contributed by atoms with van der Waals surface area (Å²) in [5.41, 5.74) is 7.34. The molecule has 4 nitrogen and oxygen atoms in total. The number of nitrogens with two attached hydrogens (primary N) is 1. The second kappa shape index (κ2) is 5.11. The summed E-state index contributed by atoms with van der Waals surface area (Å²) in [6.45, 7) is 2.20. The monoisotopic (exact) mass is 211 g/mol. The fourth-order valence-electron chi connectivity index (χ4n) is 1.53. The van der Waals surface area contributed by atoms with Crippen LogP contribution in [0.25, 0.3) is 0 Å². The number of rotatable bonds is 4. The van der Waals surface area contributed by atoms with E-state index in [9.17, 15) is 10.2 Å². The highest BCUT2D eigenvalue weighted by atomic mass is 16.5. The van der Waals surface area contributed by atoms with E-state index in [1.165, 1.54) is 0 Å². The Balaban J connectivity index is 3.21. The van der Waals surface area contributed by atoms with Crippen LogP contribution in [0.3, 0.4) is 0 Å². The highest BCUT2D eigenvalue weighted by Gasteiger charge is 2.17. The highest BCUT2D eigenvalue weighted by molar-refractivity contribution is 5.46. The minimum atomic E-state index is -0.852. The first-order valence-corrected chi connectivity index (χ1v) is 4.80. The van der Waals surface area contributed by atoms with E-state index in [1.807, 2.05) is 6.07 Å². The van der Waals surface area contributed by atoms with Gasteiger partial charge in [0.05, 0.1) is 12.7 Å². The van der Waals surface area contributed by atoms with Gasteiger partial charge < -0.3 is 20.7 Å². The number of ether oxygens (including phenoxy) is 1. The van der Waals surface area contributed by atoms with Crippen LogP contribution >= 0.6 is 0 Å². The molecule has 0 amide bonds. The molecule has 84 valence electrons. The Kier molecular flexibility index (Phi) is 4.08. The van der Waals surface area contributed by atoms with Gasteiger partial charge in [0, 0.05) is 19.2 Å². The lowest BCUT2D eigenvalue weighted by molar-refractivity contribution is 0.163. The Morgan fingerprint density at radius 3 is 2.67 bits per heavy atom. The van der Waals surface area contributed by atoms with Gasteiger partial charge in [0.2, 0.25) is 0 Å². The first-order chi connectivity index (χ1) is 7.11. The maximum atomic E-state index is 9.84. The molecule has 0 aliphatic carbocycles. The lowest BCUT2D eigenvalue weighted by Gasteiger charge is -2.16. The Hall–Kier alpha value is -1.10. The van der Waals surface area contributed by atoms with Crippen molar-refractivity contribution in [1.29, 1.82) is 0 Å². The SMILES string of the molecule is COCc1ccc(C)c(O)c1C(O)CN. The molecule has 1 rings (SSSR count). The van der Waals surface area contributed by atoms with Gasteiger partial charge in [-0.2, -0.15) is 0 Å². The minimum Gasteiger partial charge on any atom is -0.507 e. The van der Waals surface area contributed by atoms with Crippen molar-refractivity contribution in [1.82, 2.24) is 0 Å². The molecule has 4 heteroatoms. The third kappa shape index (κ3) is 2.47. The van der Waals surface area contributed by atoms with Crippen LogP contribution in [-0.4, -0.2) is 23.9 Å². The van der Waals surface area contributed by atoms with Gasteiger partial charge in [0.15, 0.2) is 0 Å². The number of benzene rings is 1. The van der Waals surface area contributed by atoms with Crippen molar-refractivity contribution in [3.63, 3.8) is 0 Å². The van der Waals surface area contributed by atoms with Crippen molar-refractivity contribution in [3.05, 3.63) is 28.8 Å². The van der Waals surface area contributed by atoms with Gasteiger partial charge in [0.1, 0.15) is 5.75 Å². The van der Waals surface area contributed by atoms with Gasteiger partial charge >= 0.3 is 0 Å². The molecule has 0 saturated heterocycles. The van der Waals surface area contributed by atoms with E-state index in [0.717, 1.165) is 11.1 Å². The molecular weight excluding hydrogens is 194 g/mol. The van der Waals surface area contributed by atoms with Crippen LogP contribution < -0.4 is 5.73 Å². The fourth-order valence-corrected chi connectivity index (χ4v) is 1.53. The summed E-state index contributed by atoms with van der Waals surface area (Å²) >= 11 is 0. The van der Waals surface area contributed by atoms with Crippen molar-refractivity contribution >= 4 is 0 Å². The largest absolute Gasteiger partial charge is 0.507 e. The van der Waals surface area contributed by atoms with Gasteiger partial charge in [-0.05, 0) is 18.1 Å². The predicted molar refractivity (Wildman–Crippen MR) is 57.6 cm³/mol. The van der Waals surface area contributed by atoms with E-state index in [0.29, 0.717) is 12.2 Å². The molecule has 0 saturated carbocycles. The summed E-state index contributed by atoms with van der Waals surface area (Å²) in [5.74, 6) is 0.0995. The molecule has 0 fully saturated rings. The molecule has 1 aromatic rings. The number of phenols is 1. The van der Waals surface area contributed by atoms with Crippen LogP contribution in [0.1, 0.15) is 22.8 Å². The number of aromatic hydroxyl groups is 1. The van der Waals surface area contributed by atoms with E-state index in [-0.39, 0.29) is 12.3 Å². The van der Waals surface area contributed by atoms with Gasteiger partial charge in [-0.3, -0.25) is 0 Å². The fraction of sp³-hybridized carbons (Fsp3) is 0.455. The molecule has 0 aliphatic heterocycles. The summed E-state index contributed by atoms with van der Waals surface area (Å²) in [5, 5.41) is 19.5. The second-order valence-electron chi connectivity index (χ2n) is 3.49. The number of aliphatic hydroxyl groups is 1. The molecule has 0 radical (unpaired) electrons. The molecule has 1 aromatic carbocycles. The summed E-state index contributed by atoms with van der Waals surface area (Å²) < 4.78 is 5.00. The standard InChI is InChI=1S/C11H17NO3/c1-7-3-4-8(6-15-2)10(11(7)14)9(13)5-12/h3-4,9,13-14H,5-6,12H2,1-2H3. The number of hydrogen-bond acceptors (Lipinski definition) is 4. The van der Waals surface area contributed by atoms with Crippen LogP contribution in [0.2, 0.25) is 0 Å². The van der Waals surface area contributed by atoms with Gasteiger partial charge in [-0.15, -0.1) is 0 Å². The van der Waals surface area contributed by atoms with E-state index in [4.69, 9.17) is 10.5 Å². The topological polar surface area (TPSA) is 75.7 Å². The first-order valence-electron chi connectivity index (χ1n) is 4.80. The van der Waals surface area contributed by atoms with E-state index >= 15 is 0 Å². The maximum absolute atomic E-state index is 9.84. The summed E-state index contributed by atoms with van der Waals surface area (Å²) in [4.78, 5) is 0. The van der Waals surface area contributed by atoms with Crippen LogP contribution in [0.5, 0.6) is 5.75 Å². The summed E-state index contributed by atoms with van der Waals surface area (Å²) in [6, 6.07) is 3.61. The molecular formula is C11H17NO3. The Bertz CT molecular complexity index is 339. The van der Waals surface area contributed by atoms with Crippen molar-refractivity contribution in [2.75, 3.05) is 13.7 Å². The summed E-state index contributed by atoms with van der Waals surface area (Å²) in [6.07, 6.45) is -0.852. The first kappa shape index (κ1) is 12.0. The van der Waals surface area contributed by atoms with Crippen LogP contribution in [0.15, 0.2) is 12.1 Å². The molecule has 0 heterocycles. The smallest absolute Gasteiger partial charge is 0.124 e. The molecule has 0 aliphatic rings. The Labute approximate surface area is 89.3 Å². The van der Waals surface area contributed by atoms with Crippen molar-refractivity contribution in [3.8, 4) is 5.75 Å². The molecule has 1 atom stereocenters. The normalized spacial score (nSPS) is 12.8. The molecule has 15 heavy (non-hydrogen) atoms. The molecule has 1 unspecified atom stereocenters. The Morgan fingerprint density at radius 1 is 1.47 bits per heavy atom. The lowest BCUT2D eigenvalue weighted by atomic mass is 9.98. The van der Waals surface area contributed by atoms with Crippen molar-refractivity contribution < 1.29 is 14.9 Å². The van der Waals surface area contributed by atoms with Crippen LogP contribution in [-0.2, 0) is 11.3 Å². The second-order valence-corrected chi connectivity index (χ2v) is 3.49. The van der Waals surface area contributed by atoms with Gasteiger partial charge in [-0.1, -0.05) is 12.1 Å². The van der Waals surface area contributed by atoms with Crippen molar-refractivity contribution in [2.45, 2.75) is 19.6 Å². The third-order valence-electron chi connectivity index (χ3n) is 2.37. The minimum absolute atomic E-state index is 0.0771. The number of methoxy groups -OCH3 is 1. The molecule has 0 bridgehead atoms. The van der Waals surface area contributed by atoms with Gasteiger partial charge in [0.25, 0.3) is 0 Å². The molecule has 4 N–H and O–H groups in total. The maximum Gasteiger partial charge on any atom is 0.124 e. The van der Waals surface area contributed by atoms with Crippen LogP contribution in [0.4, 0.5) is 0 Å². The number of aliphatic hydroxyl groups excluding tert-OH is 1. The zero-order chi connectivity index (χ0) is 11.4. The van der Waals surface area contributed by atoms with Crippen molar-refractivity contribution in [2.24, 2.45) is 5.73 Å². The van der Waals surface area contributed by atoms with E-state index in [2.05, 4.69) is 0 Å². The highest BCUT2D eigenvalue weighted by Crippen LogP contribution is 2.31. The quantitative estimate of drug-likeness (QED) is 0.689. The third-order valence-corrected chi connectivity index (χ3v) is 2.37. The predicted octanol–water partition coefficient (Wildman–Crippen LogP) is 0.839.